The fraction of sp³-hybridized carbons (Fsp3) is 0.600. The first kappa shape index (κ1) is 10.6. The van der Waals surface area contributed by atoms with Crippen LogP contribution in [0.15, 0.2) is 4.99 Å². The van der Waals surface area contributed by atoms with Gasteiger partial charge < -0.3 is 10.1 Å². The van der Waals surface area contributed by atoms with E-state index < -0.39 is 0 Å². The highest BCUT2D eigenvalue weighted by Gasteiger charge is 2.20. The van der Waals surface area contributed by atoms with E-state index in [-0.39, 0.29) is 11.9 Å². The van der Waals surface area contributed by atoms with Crippen LogP contribution in [0.5, 0.6) is 0 Å². The van der Waals surface area contributed by atoms with Gasteiger partial charge in [0.05, 0.1) is 18.8 Å². The minimum Gasteiger partial charge on any atom is -0.375 e. The van der Waals surface area contributed by atoms with E-state index >= 15 is 0 Å². The van der Waals surface area contributed by atoms with Crippen LogP contribution >= 0.6 is 0 Å². The average molecular weight is 194 g/mol. The molecular formula is C10H14N2O2. The Morgan fingerprint density at radius 3 is 3.29 bits per heavy atom. The highest BCUT2D eigenvalue weighted by molar-refractivity contribution is 5.75. The maximum atomic E-state index is 11.3. The molecule has 0 aliphatic carbocycles. The van der Waals surface area contributed by atoms with Crippen LogP contribution < -0.4 is 5.32 Å². The van der Waals surface area contributed by atoms with Gasteiger partial charge in [-0.1, -0.05) is 12.8 Å². The first-order valence-electron chi connectivity index (χ1n) is 4.74. The lowest BCUT2D eigenvalue weighted by atomic mass is 10.1. The average Bonchev–Trinajstić information content (AvgIpc) is 2.25. The van der Waals surface area contributed by atoms with Crippen molar-refractivity contribution in [2.24, 2.45) is 10.9 Å². The molecule has 0 bridgehead atoms. The van der Waals surface area contributed by atoms with E-state index in [0.29, 0.717) is 13.1 Å². The van der Waals surface area contributed by atoms with E-state index in [1.165, 1.54) is 0 Å². The van der Waals surface area contributed by atoms with Gasteiger partial charge in [-0.3, -0.25) is 9.79 Å². The zero-order chi connectivity index (χ0) is 10.2. The Kier molecular flexibility index (Phi) is 4.56. The van der Waals surface area contributed by atoms with Crippen molar-refractivity contribution in [3.63, 3.8) is 0 Å². The molecule has 0 saturated heterocycles. The van der Waals surface area contributed by atoms with Crippen LogP contribution in [0.25, 0.3) is 0 Å². The number of rotatable bonds is 2. The standard InChI is InChI=1S/C10H14N2O2/c1-2-3-4-5-14-10(13)9-6-11-8-12-7-9/h8-9H,2-3,6-7H2,1H3,(H,11,12). The molecule has 1 rings (SSSR count). The van der Waals surface area contributed by atoms with Crippen molar-refractivity contribution in [3.05, 3.63) is 0 Å². The van der Waals surface area contributed by atoms with Gasteiger partial charge in [0.25, 0.3) is 0 Å². The second-order valence-electron chi connectivity index (χ2n) is 3.05. The minimum absolute atomic E-state index is 0.198. The first-order valence-corrected chi connectivity index (χ1v) is 4.74. The molecule has 1 atom stereocenters. The van der Waals surface area contributed by atoms with Gasteiger partial charge in [0, 0.05) is 13.0 Å². The molecule has 0 aromatic heterocycles. The number of ether oxygens (including phenoxy) is 1. The predicted octanol–water partition coefficient (Wildman–Crippen LogP) is 0.538. The number of carbonyl (C=O) groups is 1. The van der Waals surface area contributed by atoms with E-state index in [4.69, 9.17) is 4.74 Å². The number of esters is 1. The van der Waals surface area contributed by atoms with Crippen molar-refractivity contribution in [2.75, 3.05) is 13.1 Å². The zero-order valence-electron chi connectivity index (χ0n) is 8.25. The quantitative estimate of drug-likeness (QED) is 0.515. The summed E-state index contributed by atoms with van der Waals surface area (Å²) in [5.74, 6) is 2.26. The Morgan fingerprint density at radius 1 is 1.79 bits per heavy atom. The third-order valence-electron chi connectivity index (χ3n) is 1.80. The monoisotopic (exact) mass is 194 g/mol. The summed E-state index contributed by atoms with van der Waals surface area (Å²) in [7, 11) is 0. The molecule has 0 aromatic rings. The fourth-order valence-corrected chi connectivity index (χ4v) is 1.01. The number of aliphatic imine (C=N–C) groups is 1. The molecule has 4 heteroatoms. The smallest absolute Gasteiger partial charge is 0.326 e. The van der Waals surface area contributed by atoms with Crippen LogP contribution in [0.2, 0.25) is 0 Å². The van der Waals surface area contributed by atoms with Crippen molar-refractivity contribution in [3.8, 4) is 12.0 Å². The molecule has 0 amide bonds. The van der Waals surface area contributed by atoms with E-state index in [0.717, 1.165) is 12.8 Å². The van der Waals surface area contributed by atoms with E-state index in [9.17, 15) is 4.79 Å². The van der Waals surface area contributed by atoms with Gasteiger partial charge in [-0.05, 0) is 6.42 Å². The Hall–Kier alpha value is -1.50. The molecule has 1 aliphatic heterocycles. The van der Waals surface area contributed by atoms with Gasteiger partial charge in [0.1, 0.15) is 6.11 Å². The summed E-state index contributed by atoms with van der Waals surface area (Å²) in [6.07, 6.45) is 5.74. The summed E-state index contributed by atoms with van der Waals surface area (Å²) in [5, 5.41) is 2.88. The zero-order valence-corrected chi connectivity index (χ0v) is 8.25. The van der Waals surface area contributed by atoms with Crippen LogP contribution in [0, 0.1) is 17.9 Å². The maximum Gasteiger partial charge on any atom is 0.326 e. The highest BCUT2D eigenvalue weighted by Crippen LogP contribution is 2.01. The summed E-state index contributed by atoms with van der Waals surface area (Å²) >= 11 is 0. The first-order chi connectivity index (χ1) is 6.84. The number of nitrogens with zero attached hydrogens (tertiary/aromatic N) is 1. The largest absolute Gasteiger partial charge is 0.375 e. The Bertz CT molecular complexity index is 276. The van der Waals surface area contributed by atoms with Crippen molar-refractivity contribution >= 4 is 12.3 Å². The van der Waals surface area contributed by atoms with Crippen LogP contribution in [0.4, 0.5) is 0 Å². The fourth-order valence-electron chi connectivity index (χ4n) is 1.01. The summed E-state index contributed by atoms with van der Waals surface area (Å²) in [6.45, 7) is 3.09. The third-order valence-corrected chi connectivity index (χ3v) is 1.80. The second kappa shape index (κ2) is 6.03. The van der Waals surface area contributed by atoms with Crippen molar-refractivity contribution in [1.29, 1.82) is 0 Å². The number of carbonyl (C=O) groups excluding carboxylic acids is 1. The molecule has 0 fully saturated rings. The minimum atomic E-state index is -0.294. The predicted molar refractivity (Wildman–Crippen MR) is 53.6 cm³/mol. The van der Waals surface area contributed by atoms with E-state index in [2.05, 4.69) is 22.3 Å². The van der Waals surface area contributed by atoms with E-state index in [1.807, 2.05) is 6.92 Å². The van der Waals surface area contributed by atoms with Crippen LogP contribution in [0.1, 0.15) is 19.8 Å². The molecule has 1 aliphatic rings. The van der Waals surface area contributed by atoms with Crippen molar-refractivity contribution in [2.45, 2.75) is 19.8 Å². The van der Waals surface area contributed by atoms with Crippen molar-refractivity contribution in [1.82, 2.24) is 5.32 Å². The molecule has 4 nitrogen and oxygen atoms in total. The maximum absolute atomic E-state index is 11.3. The van der Waals surface area contributed by atoms with Gasteiger partial charge in [0.15, 0.2) is 0 Å². The SMILES string of the molecule is CCCC#COC(=O)C1CN=CNC1. The molecule has 0 radical (unpaired) electrons. The van der Waals surface area contributed by atoms with E-state index in [1.54, 1.807) is 6.34 Å². The van der Waals surface area contributed by atoms with Crippen LogP contribution in [-0.4, -0.2) is 25.4 Å². The summed E-state index contributed by atoms with van der Waals surface area (Å²) in [4.78, 5) is 15.3. The number of unbranched alkanes of at least 4 members (excludes halogenated alkanes) is 1. The molecule has 1 heterocycles. The summed E-state index contributed by atoms with van der Waals surface area (Å²) in [5.41, 5.74) is 0. The Labute approximate surface area is 83.7 Å². The van der Waals surface area contributed by atoms with Gasteiger partial charge >= 0.3 is 5.97 Å². The molecule has 0 spiro atoms. The summed E-state index contributed by atoms with van der Waals surface area (Å²) < 4.78 is 4.77. The van der Waals surface area contributed by atoms with Gasteiger partial charge in [-0.15, -0.1) is 0 Å². The molecule has 1 N–H and O–H groups in total. The number of hydrogen-bond acceptors (Lipinski definition) is 4. The topological polar surface area (TPSA) is 50.7 Å². The number of nitrogens with one attached hydrogen (secondary N) is 1. The lowest BCUT2D eigenvalue weighted by Crippen LogP contribution is -2.34. The van der Waals surface area contributed by atoms with Crippen LogP contribution in [0.3, 0.4) is 0 Å². The molecule has 0 aromatic carbocycles. The van der Waals surface area contributed by atoms with Gasteiger partial charge in [-0.25, -0.2) is 0 Å². The summed E-state index contributed by atoms with van der Waals surface area (Å²) in [6, 6.07) is 0. The Morgan fingerprint density at radius 2 is 2.64 bits per heavy atom. The highest BCUT2D eigenvalue weighted by atomic mass is 16.5. The molecule has 1 unspecified atom stereocenters. The second-order valence-corrected chi connectivity index (χ2v) is 3.05. The lowest BCUT2D eigenvalue weighted by Gasteiger charge is -2.14. The van der Waals surface area contributed by atoms with Crippen LogP contribution in [-0.2, 0) is 9.53 Å². The van der Waals surface area contributed by atoms with Crippen molar-refractivity contribution < 1.29 is 9.53 Å². The third kappa shape index (κ3) is 3.48. The molecule has 76 valence electrons. The number of hydrogen-bond donors (Lipinski definition) is 1. The normalized spacial score (nSPS) is 19.1. The molecule has 14 heavy (non-hydrogen) atoms. The molecular weight excluding hydrogens is 180 g/mol. The van der Waals surface area contributed by atoms with Gasteiger partial charge in [0.2, 0.25) is 0 Å². The van der Waals surface area contributed by atoms with Gasteiger partial charge in [-0.2, -0.15) is 0 Å². The Balaban J connectivity index is 2.28. The lowest BCUT2D eigenvalue weighted by molar-refractivity contribution is -0.140. The molecule has 0 saturated carbocycles.